The predicted molar refractivity (Wildman–Crippen MR) is 123 cm³/mol. The van der Waals surface area contributed by atoms with Crippen LogP contribution in [0.4, 0.5) is 23.8 Å². The highest BCUT2D eigenvalue weighted by atomic mass is 32.1. The van der Waals surface area contributed by atoms with Gasteiger partial charge >= 0.3 is 12.3 Å². The fourth-order valence-corrected chi connectivity index (χ4v) is 5.51. The highest BCUT2D eigenvalue weighted by Crippen LogP contribution is 2.40. The van der Waals surface area contributed by atoms with E-state index in [4.69, 9.17) is 4.74 Å². The minimum Gasteiger partial charge on any atom is -0.446 e. The van der Waals surface area contributed by atoms with Crippen LogP contribution in [0, 0.1) is 0 Å². The summed E-state index contributed by atoms with van der Waals surface area (Å²) in [4.78, 5) is 34.9. The number of nitrogens with one attached hydrogen (secondary N) is 1. The molecular weight excluding hydrogens is 471 g/mol. The number of piperidine rings is 1. The quantitative estimate of drug-likeness (QED) is 0.698. The van der Waals surface area contributed by atoms with E-state index >= 15 is 0 Å². The third kappa shape index (κ3) is 4.92. The third-order valence-electron chi connectivity index (χ3n) is 6.38. The first-order valence-electron chi connectivity index (χ1n) is 11.2. The van der Waals surface area contributed by atoms with Gasteiger partial charge in [0, 0.05) is 64.0 Å². The summed E-state index contributed by atoms with van der Waals surface area (Å²) in [7, 11) is 3.44. The summed E-state index contributed by atoms with van der Waals surface area (Å²) in [6.45, 7) is 4.94. The van der Waals surface area contributed by atoms with Crippen molar-refractivity contribution in [2.24, 2.45) is 0 Å². The maximum absolute atomic E-state index is 13.8. The number of likely N-dealkylation sites (N-methyl/N-ethyl adjacent to an activating group) is 1. The zero-order valence-electron chi connectivity index (χ0n) is 19.3. The van der Waals surface area contributed by atoms with Crippen molar-refractivity contribution < 1.29 is 27.5 Å². The second kappa shape index (κ2) is 9.57. The number of hydrogen-bond acceptors (Lipinski definition) is 7. The lowest BCUT2D eigenvalue weighted by molar-refractivity contribution is -0.136. The van der Waals surface area contributed by atoms with Crippen molar-refractivity contribution in [2.75, 3.05) is 51.7 Å². The number of fused-ring (bicyclic) bond motifs is 1. The Hall–Kier alpha value is -2.60. The van der Waals surface area contributed by atoms with Gasteiger partial charge in [0.05, 0.1) is 21.3 Å². The minimum absolute atomic E-state index is 0.0479. The first-order valence-corrected chi connectivity index (χ1v) is 12.1. The Kier molecular flexibility index (Phi) is 6.90. The second-order valence-corrected chi connectivity index (χ2v) is 9.69. The first kappa shape index (κ1) is 24.5. The van der Waals surface area contributed by atoms with Gasteiger partial charge in [-0.1, -0.05) is 0 Å². The molecule has 4 heterocycles. The Balaban J connectivity index is 1.48. The van der Waals surface area contributed by atoms with Crippen LogP contribution in [-0.2, 0) is 10.9 Å². The van der Waals surface area contributed by atoms with E-state index in [1.807, 2.05) is 14.0 Å². The number of thiophene rings is 1. The van der Waals surface area contributed by atoms with Crippen LogP contribution < -0.4 is 10.2 Å². The van der Waals surface area contributed by atoms with Crippen LogP contribution in [0.3, 0.4) is 0 Å². The minimum atomic E-state index is -4.58. The number of pyridine rings is 1. The molecule has 2 fully saturated rings. The highest BCUT2D eigenvalue weighted by Gasteiger charge is 2.36. The van der Waals surface area contributed by atoms with Crippen LogP contribution in [0.15, 0.2) is 11.4 Å². The number of nitrogens with zero attached hydrogens (tertiary/aromatic N) is 4. The maximum Gasteiger partial charge on any atom is 0.417 e. The largest absolute Gasteiger partial charge is 0.446 e. The molecule has 0 radical (unpaired) electrons. The summed E-state index contributed by atoms with van der Waals surface area (Å²) < 4.78 is 47.0. The van der Waals surface area contributed by atoms with E-state index in [2.05, 4.69) is 15.2 Å². The molecule has 34 heavy (non-hydrogen) atoms. The Bertz CT molecular complexity index is 1070. The molecule has 2 saturated heterocycles. The van der Waals surface area contributed by atoms with Crippen LogP contribution >= 0.6 is 11.3 Å². The fraction of sp³-hybridized carbons (Fsp3) is 0.591. The lowest BCUT2D eigenvalue weighted by Gasteiger charge is -2.39. The smallest absolute Gasteiger partial charge is 0.417 e. The van der Waals surface area contributed by atoms with Gasteiger partial charge in [0.25, 0.3) is 5.91 Å². The molecule has 2 aromatic rings. The number of ether oxygens (including phenoxy) is 1. The molecule has 4 rings (SSSR count). The molecule has 0 aliphatic carbocycles. The van der Waals surface area contributed by atoms with Crippen molar-refractivity contribution in [2.45, 2.75) is 38.1 Å². The molecule has 1 N–H and O–H groups in total. The van der Waals surface area contributed by atoms with Gasteiger partial charge in [-0.2, -0.15) is 13.2 Å². The van der Waals surface area contributed by atoms with Crippen molar-refractivity contribution in [3.8, 4) is 0 Å². The molecule has 8 nitrogen and oxygen atoms in total. The number of alkyl halides is 3. The number of rotatable bonds is 3. The molecule has 2 amide bonds. The Morgan fingerprint density at radius 1 is 1.21 bits per heavy atom. The summed E-state index contributed by atoms with van der Waals surface area (Å²) in [5.41, 5.74) is -0.628. The molecule has 12 heteroatoms. The van der Waals surface area contributed by atoms with E-state index in [-0.39, 0.29) is 39.8 Å². The van der Waals surface area contributed by atoms with Gasteiger partial charge in [-0.3, -0.25) is 4.79 Å². The monoisotopic (exact) mass is 499 g/mol. The van der Waals surface area contributed by atoms with Gasteiger partial charge in [-0.25, -0.2) is 9.78 Å². The zero-order valence-corrected chi connectivity index (χ0v) is 20.1. The van der Waals surface area contributed by atoms with E-state index in [0.717, 1.165) is 30.5 Å². The Labute approximate surface area is 199 Å². The van der Waals surface area contributed by atoms with Crippen molar-refractivity contribution in [3.63, 3.8) is 0 Å². The summed E-state index contributed by atoms with van der Waals surface area (Å²) in [6.07, 6.45) is -4.24. The number of hydrogen-bond donors (Lipinski definition) is 1. The number of carbonyl (C=O) groups is 2. The normalized spacial score (nSPS) is 20.6. The molecule has 0 saturated carbocycles. The number of amides is 2. The second-order valence-electron chi connectivity index (χ2n) is 8.81. The van der Waals surface area contributed by atoms with Crippen molar-refractivity contribution in [3.05, 3.63) is 22.6 Å². The molecule has 0 aromatic carbocycles. The number of anilines is 1. The first-order chi connectivity index (χ1) is 16.1. The average molecular weight is 500 g/mol. The van der Waals surface area contributed by atoms with E-state index < -0.39 is 17.6 Å². The SMILES string of the molecule is CNC(=O)c1csc2c(C(F)(F)F)cc(N3CCC(OC(=O)N4CCN(C)C[C@H]4C)CC3)nc12. The lowest BCUT2D eigenvalue weighted by Crippen LogP contribution is -2.53. The summed E-state index contributed by atoms with van der Waals surface area (Å²) in [6, 6.07) is 1.10. The number of piperazine rings is 1. The maximum atomic E-state index is 13.8. The van der Waals surface area contributed by atoms with E-state index in [9.17, 15) is 22.8 Å². The summed E-state index contributed by atoms with van der Waals surface area (Å²) >= 11 is 0.860. The van der Waals surface area contributed by atoms with E-state index in [1.54, 1.807) is 9.80 Å². The Morgan fingerprint density at radius 3 is 2.53 bits per heavy atom. The van der Waals surface area contributed by atoms with Crippen LogP contribution in [0.2, 0.25) is 0 Å². The molecule has 0 bridgehead atoms. The van der Waals surface area contributed by atoms with Crippen LogP contribution in [-0.4, -0.2) is 85.7 Å². The third-order valence-corrected chi connectivity index (χ3v) is 7.39. The lowest BCUT2D eigenvalue weighted by atomic mass is 10.1. The van der Waals surface area contributed by atoms with Gasteiger partial charge in [0.2, 0.25) is 0 Å². The van der Waals surface area contributed by atoms with Gasteiger partial charge in [0.15, 0.2) is 0 Å². The molecular formula is C22H28F3N5O3S. The van der Waals surface area contributed by atoms with Crippen LogP contribution in [0.1, 0.15) is 35.7 Å². The number of aromatic nitrogens is 1. The molecule has 2 aliphatic rings. The van der Waals surface area contributed by atoms with Crippen molar-refractivity contribution in [1.82, 2.24) is 20.1 Å². The van der Waals surface area contributed by atoms with Gasteiger partial charge < -0.3 is 24.8 Å². The molecule has 0 unspecified atom stereocenters. The number of halogens is 3. The zero-order chi connectivity index (χ0) is 24.6. The summed E-state index contributed by atoms with van der Waals surface area (Å²) in [5, 5.41) is 3.85. The molecule has 2 aliphatic heterocycles. The predicted octanol–water partition coefficient (Wildman–Crippen LogP) is 3.42. The summed E-state index contributed by atoms with van der Waals surface area (Å²) in [5.74, 6) is -0.311. The fourth-order valence-electron chi connectivity index (χ4n) is 4.49. The molecule has 186 valence electrons. The van der Waals surface area contributed by atoms with Gasteiger partial charge in [-0.05, 0) is 20.0 Å². The van der Waals surface area contributed by atoms with Gasteiger partial charge in [0.1, 0.15) is 11.9 Å². The molecule has 2 aromatic heterocycles. The van der Waals surface area contributed by atoms with Gasteiger partial charge in [-0.15, -0.1) is 11.3 Å². The van der Waals surface area contributed by atoms with Crippen LogP contribution in [0.5, 0.6) is 0 Å². The number of carbonyl (C=O) groups excluding carboxylic acids is 2. The topological polar surface area (TPSA) is 78.0 Å². The highest BCUT2D eigenvalue weighted by molar-refractivity contribution is 7.17. The van der Waals surface area contributed by atoms with E-state index in [1.165, 1.54) is 12.4 Å². The van der Waals surface area contributed by atoms with Crippen molar-refractivity contribution >= 4 is 39.4 Å². The molecule has 1 atom stereocenters. The Morgan fingerprint density at radius 2 is 1.91 bits per heavy atom. The molecule has 0 spiro atoms. The van der Waals surface area contributed by atoms with Crippen LogP contribution in [0.25, 0.3) is 10.2 Å². The van der Waals surface area contributed by atoms with E-state index in [0.29, 0.717) is 32.5 Å². The average Bonchev–Trinajstić information content (AvgIpc) is 3.21. The standard InChI is InChI=1S/C22H28F3N5O3S/c1-13-11-28(3)8-9-30(13)21(32)33-14-4-6-29(7-5-14)17-10-16(22(23,24)25)19-18(27-17)15(12-34-19)20(31)26-2/h10,12-14H,4-9,11H2,1-3H3,(H,26,31)/t13-/m1/s1. The van der Waals surface area contributed by atoms with Crippen molar-refractivity contribution in [1.29, 1.82) is 0 Å².